The van der Waals surface area contributed by atoms with Gasteiger partial charge in [-0.2, -0.15) is 15.0 Å². The summed E-state index contributed by atoms with van der Waals surface area (Å²) in [6.07, 6.45) is 0. The van der Waals surface area contributed by atoms with Gasteiger partial charge in [0.25, 0.3) is 0 Å². The molecule has 1 rings (SSSR count). The van der Waals surface area contributed by atoms with Crippen molar-refractivity contribution in [3.05, 3.63) is 5.28 Å². The molecule has 6 heteroatoms. The van der Waals surface area contributed by atoms with E-state index in [1.165, 1.54) is 0 Å². The molecule has 0 fully saturated rings. The zero-order chi connectivity index (χ0) is 11.3. The molecule has 1 aromatic rings. The zero-order valence-corrected chi connectivity index (χ0v) is 9.88. The lowest BCUT2D eigenvalue weighted by molar-refractivity contribution is 0.312. The lowest BCUT2D eigenvalue weighted by Gasteiger charge is -2.08. The molecular weight excluding hydrogens is 216 g/mol. The number of hydrogen-bond acceptors (Lipinski definition) is 5. The molecule has 15 heavy (non-hydrogen) atoms. The van der Waals surface area contributed by atoms with Crippen molar-refractivity contribution in [2.45, 2.75) is 20.8 Å². The van der Waals surface area contributed by atoms with Crippen LogP contribution in [0.1, 0.15) is 20.8 Å². The number of ether oxygens (including phenoxy) is 1. The monoisotopic (exact) mass is 230 g/mol. The second-order valence-corrected chi connectivity index (χ2v) is 3.76. The van der Waals surface area contributed by atoms with E-state index in [0.29, 0.717) is 18.5 Å². The number of nitrogens with zero attached hydrogens (tertiary/aromatic N) is 3. The van der Waals surface area contributed by atoms with Gasteiger partial charge in [-0.25, -0.2) is 0 Å². The highest BCUT2D eigenvalue weighted by atomic mass is 35.5. The van der Waals surface area contributed by atoms with Gasteiger partial charge in [-0.1, -0.05) is 13.8 Å². The summed E-state index contributed by atoms with van der Waals surface area (Å²) in [7, 11) is 0. The quantitative estimate of drug-likeness (QED) is 0.838. The highest BCUT2D eigenvalue weighted by Gasteiger charge is 2.05. The molecule has 1 heterocycles. The SMILES string of the molecule is CCOc1nc(Cl)nc(NCC(C)C)n1. The van der Waals surface area contributed by atoms with Crippen LogP contribution < -0.4 is 10.1 Å². The van der Waals surface area contributed by atoms with E-state index in [1.54, 1.807) is 0 Å². The van der Waals surface area contributed by atoms with E-state index in [2.05, 4.69) is 34.1 Å². The summed E-state index contributed by atoms with van der Waals surface area (Å²) >= 11 is 5.72. The van der Waals surface area contributed by atoms with Gasteiger partial charge in [0.05, 0.1) is 6.61 Å². The molecule has 1 N–H and O–H groups in total. The van der Waals surface area contributed by atoms with Crippen LogP contribution in [-0.2, 0) is 0 Å². The number of halogens is 1. The van der Waals surface area contributed by atoms with Crippen molar-refractivity contribution in [3.8, 4) is 6.01 Å². The van der Waals surface area contributed by atoms with Crippen molar-refractivity contribution in [3.63, 3.8) is 0 Å². The Hall–Kier alpha value is -1.10. The van der Waals surface area contributed by atoms with Gasteiger partial charge in [-0.05, 0) is 24.4 Å². The van der Waals surface area contributed by atoms with E-state index >= 15 is 0 Å². The molecule has 0 aliphatic rings. The topological polar surface area (TPSA) is 59.9 Å². The molecule has 1 aromatic heterocycles. The zero-order valence-electron chi connectivity index (χ0n) is 9.12. The third-order valence-electron chi connectivity index (χ3n) is 1.53. The van der Waals surface area contributed by atoms with E-state index in [9.17, 15) is 0 Å². The van der Waals surface area contributed by atoms with Crippen molar-refractivity contribution in [1.29, 1.82) is 0 Å². The summed E-state index contributed by atoms with van der Waals surface area (Å²) in [4.78, 5) is 11.8. The molecule has 0 aromatic carbocycles. The van der Waals surface area contributed by atoms with Gasteiger partial charge < -0.3 is 10.1 Å². The number of nitrogens with one attached hydrogen (secondary N) is 1. The van der Waals surface area contributed by atoms with Crippen molar-refractivity contribution in [1.82, 2.24) is 15.0 Å². The maximum absolute atomic E-state index is 5.72. The Morgan fingerprint density at radius 1 is 1.33 bits per heavy atom. The summed E-state index contributed by atoms with van der Waals surface area (Å²) in [5, 5.41) is 3.20. The number of aromatic nitrogens is 3. The predicted octanol–water partition coefficient (Wildman–Crippen LogP) is 1.99. The van der Waals surface area contributed by atoms with E-state index in [-0.39, 0.29) is 11.3 Å². The van der Waals surface area contributed by atoms with Crippen molar-refractivity contribution < 1.29 is 4.74 Å². The van der Waals surface area contributed by atoms with Gasteiger partial charge in [0.1, 0.15) is 0 Å². The van der Waals surface area contributed by atoms with Gasteiger partial charge in [0, 0.05) is 6.54 Å². The van der Waals surface area contributed by atoms with Crippen LogP contribution in [0.25, 0.3) is 0 Å². The van der Waals surface area contributed by atoms with Gasteiger partial charge >= 0.3 is 6.01 Å². The molecule has 0 amide bonds. The molecule has 0 aliphatic carbocycles. The molecule has 0 bridgehead atoms. The van der Waals surface area contributed by atoms with Gasteiger partial charge in [0.15, 0.2) is 0 Å². The molecule has 0 saturated heterocycles. The Morgan fingerprint density at radius 3 is 2.67 bits per heavy atom. The minimum Gasteiger partial charge on any atom is -0.464 e. The van der Waals surface area contributed by atoms with Crippen LogP contribution in [0.2, 0.25) is 5.28 Å². The number of rotatable bonds is 5. The fourth-order valence-corrected chi connectivity index (χ4v) is 1.05. The molecule has 0 radical (unpaired) electrons. The first kappa shape index (κ1) is 12.0. The fourth-order valence-electron chi connectivity index (χ4n) is 0.900. The lowest BCUT2D eigenvalue weighted by Crippen LogP contribution is -2.12. The lowest BCUT2D eigenvalue weighted by atomic mass is 10.2. The summed E-state index contributed by atoms with van der Waals surface area (Å²) in [5.74, 6) is 0.961. The maximum atomic E-state index is 5.72. The molecule has 0 saturated carbocycles. The average Bonchev–Trinajstić information content (AvgIpc) is 2.14. The van der Waals surface area contributed by atoms with Crippen molar-refractivity contribution in [2.75, 3.05) is 18.5 Å². The highest BCUT2D eigenvalue weighted by molar-refractivity contribution is 6.28. The smallest absolute Gasteiger partial charge is 0.322 e. The van der Waals surface area contributed by atoms with Crippen molar-refractivity contribution >= 4 is 17.5 Å². The third kappa shape index (κ3) is 4.29. The van der Waals surface area contributed by atoms with E-state index in [4.69, 9.17) is 16.3 Å². The van der Waals surface area contributed by atoms with Crippen LogP contribution >= 0.6 is 11.6 Å². The third-order valence-corrected chi connectivity index (χ3v) is 1.70. The van der Waals surface area contributed by atoms with Crippen molar-refractivity contribution in [2.24, 2.45) is 5.92 Å². The molecule has 0 aliphatic heterocycles. The summed E-state index contributed by atoms with van der Waals surface area (Å²) < 4.78 is 5.15. The highest BCUT2D eigenvalue weighted by Crippen LogP contribution is 2.11. The second kappa shape index (κ2) is 5.70. The van der Waals surface area contributed by atoms with Gasteiger partial charge in [-0.15, -0.1) is 0 Å². The fraction of sp³-hybridized carbons (Fsp3) is 0.667. The summed E-state index contributed by atoms with van der Waals surface area (Å²) in [5.41, 5.74) is 0. The number of anilines is 1. The maximum Gasteiger partial charge on any atom is 0.322 e. The second-order valence-electron chi connectivity index (χ2n) is 3.42. The van der Waals surface area contributed by atoms with Gasteiger partial charge in [-0.3, -0.25) is 0 Å². The molecule has 5 nitrogen and oxygen atoms in total. The standard InChI is InChI=1S/C9H15ClN4O/c1-4-15-9-13-7(10)12-8(14-9)11-5-6(2)3/h6H,4-5H2,1-3H3,(H,11,12,13,14). The van der Waals surface area contributed by atoms with E-state index in [0.717, 1.165) is 6.54 Å². The van der Waals surface area contributed by atoms with Crippen LogP contribution in [0.15, 0.2) is 0 Å². The first-order valence-electron chi connectivity index (χ1n) is 4.90. The van der Waals surface area contributed by atoms with Crippen LogP contribution in [0.5, 0.6) is 6.01 Å². The molecule has 0 spiro atoms. The number of hydrogen-bond donors (Lipinski definition) is 1. The first-order chi connectivity index (χ1) is 7.11. The van der Waals surface area contributed by atoms with E-state index in [1.807, 2.05) is 6.92 Å². The first-order valence-corrected chi connectivity index (χ1v) is 5.27. The Bertz CT molecular complexity index is 319. The van der Waals surface area contributed by atoms with Crippen LogP contribution in [-0.4, -0.2) is 28.1 Å². The molecule has 0 unspecified atom stereocenters. The van der Waals surface area contributed by atoms with E-state index < -0.39 is 0 Å². The Balaban J connectivity index is 2.70. The van der Waals surface area contributed by atoms with Crippen LogP contribution in [0.3, 0.4) is 0 Å². The Kier molecular flexibility index (Phi) is 4.55. The Labute approximate surface area is 94.2 Å². The normalized spacial score (nSPS) is 10.5. The Morgan fingerprint density at radius 2 is 2.07 bits per heavy atom. The molecular formula is C9H15ClN4O. The van der Waals surface area contributed by atoms with Crippen LogP contribution in [0.4, 0.5) is 5.95 Å². The molecule has 84 valence electrons. The minimum absolute atomic E-state index is 0.139. The summed E-state index contributed by atoms with van der Waals surface area (Å²) in [6.45, 7) is 7.34. The van der Waals surface area contributed by atoms with Crippen LogP contribution in [0, 0.1) is 5.92 Å². The van der Waals surface area contributed by atoms with Gasteiger partial charge in [0.2, 0.25) is 11.2 Å². The summed E-state index contributed by atoms with van der Waals surface area (Å²) in [6, 6.07) is 0.253. The predicted molar refractivity (Wildman–Crippen MR) is 59.3 cm³/mol. The molecule has 0 atom stereocenters. The largest absolute Gasteiger partial charge is 0.464 e. The average molecular weight is 231 g/mol. The minimum atomic E-state index is 0.139.